The van der Waals surface area contributed by atoms with Gasteiger partial charge in [0.05, 0.1) is 16.6 Å². The molecule has 0 aliphatic rings. The Morgan fingerprint density at radius 2 is 1.83 bits per heavy atom. The van der Waals surface area contributed by atoms with Crippen molar-refractivity contribution in [1.82, 2.24) is 15.1 Å². The molecule has 0 saturated heterocycles. The van der Waals surface area contributed by atoms with E-state index in [0.29, 0.717) is 27.9 Å². The van der Waals surface area contributed by atoms with Crippen molar-refractivity contribution in [3.63, 3.8) is 0 Å². The van der Waals surface area contributed by atoms with Crippen LogP contribution in [-0.2, 0) is 0 Å². The van der Waals surface area contributed by atoms with Gasteiger partial charge in [-0.1, -0.05) is 41.0 Å². The molecule has 0 aliphatic carbocycles. The van der Waals surface area contributed by atoms with Crippen molar-refractivity contribution < 1.29 is 9.32 Å². The average Bonchev–Trinajstić information content (AvgIpc) is 3.23. The third kappa shape index (κ3) is 3.88. The number of halogens is 1. The molecular formula is C22H17ClN4O2. The number of rotatable bonds is 5. The molecule has 6 nitrogen and oxygen atoms in total. The summed E-state index contributed by atoms with van der Waals surface area (Å²) in [5, 5.41) is 4.62. The van der Waals surface area contributed by atoms with Crippen LogP contribution in [0.1, 0.15) is 34.8 Å². The first-order valence-corrected chi connectivity index (χ1v) is 9.35. The van der Waals surface area contributed by atoms with Crippen molar-refractivity contribution in [2.45, 2.75) is 12.8 Å². The Morgan fingerprint density at radius 1 is 1.07 bits per heavy atom. The third-order valence-electron chi connectivity index (χ3n) is 4.65. The molecule has 1 unspecified atom stereocenters. The van der Waals surface area contributed by atoms with E-state index in [9.17, 15) is 4.79 Å². The first kappa shape index (κ1) is 18.8. The van der Waals surface area contributed by atoms with Gasteiger partial charge in [0.15, 0.2) is 0 Å². The number of hydrogen-bond donors (Lipinski definition) is 1. The quantitative estimate of drug-likeness (QED) is 0.520. The van der Waals surface area contributed by atoms with Gasteiger partial charge in [-0.25, -0.2) is 0 Å². The van der Waals surface area contributed by atoms with Gasteiger partial charge in [-0.05, 0) is 54.4 Å². The lowest BCUT2D eigenvalue weighted by molar-refractivity contribution is 0.100. The molecule has 0 aliphatic heterocycles. The number of carbonyl (C=O) groups excluding carboxylic acids is 1. The van der Waals surface area contributed by atoms with Crippen molar-refractivity contribution in [2.24, 2.45) is 5.73 Å². The minimum Gasteiger partial charge on any atom is -0.366 e. The predicted molar refractivity (Wildman–Crippen MR) is 110 cm³/mol. The van der Waals surface area contributed by atoms with Gasteiger partial charge < -0.3 is 10.3 Å². The monoisotopic (exact) mass is 404 g/mol. The van der Waals surface area contributed by atoms with Crippen LogP contribution in [0.2, 0.25) is 5.02 Å². The second-order valence-electron chi connectivity index (χ2n) is 6.57. The molecule has 144 valence electrons. The minimum atomic E-state index is -0.452. The smallest absolute Gasteiger partial charge is 0.248 e. The zero-order valence-electron chi connectivity index (χ0n) is 15.5. The van der Waals surface area contributed by atoms with Gasteiger partial charge in [0.25, 0.3) is 0 Å². The summed E-state index contributed by atoms with van der Waals surface area (Å²) in [6, 6.07) is 18.3. The summed E-state index contributed by atoms with van der Waals surface area (Å²) in [4.78, 5) is 20.2. The molecule has 2 aromatic carbocycles. The maximum absolute atomic E-state index is 11.3. The van der Waals surface area contributed by atoms with Gasteiger partial charge in [0.1, 0.15) is 0 Å². The molecule has 4 rings (SSSR count). The minimum absolute atomic E-state index is 0.205. The molecular weight excluding hydrogens is 388 g/mol. The van der Waals surface area contributed by atoms with Crippen molar-refractivity contribution in [3.05, 3.63) is 89.0 Å². The maximum atomic E-state index is 11.3. The number of benzene rings is 2. The maximum Gasteiger partial charge on any atom is 0.248 e. The number of aromatic nitrogens is 3. The lowest BCUT2D eigenvalue weighted by Gasteiger charge is -2.09. The molecule has 2 N–H and O–H groups in total. The number of carbonyl (C=O) groups is 1. The van der Waals surface area contributed by atoms with E-state index in [2.05, 4.69) is 15.1 Å². The molecule has 1 amide bonds. The van der Waals surface area contributed by atoms with E-state index < -0.39 is 5.91 Å². The predicted octanol–water partition coefficient (Wildman–Crippen LogP) is 4.70. The zero-order valence-corrected chi connectivity index (χ0v) is 16.3. The fraction of sp³-hybridized carbons (Fsp3) is 0.0909. The Hall–Kier alpha value is -3.51. The summed E-state index contributed by atoms with van der Waals surface area (Å²) >= 11 is 6.22. The summed E-state index contributed by atoms with van der Waals surface area (Å²) in [7, 11) is 0. The summed E-state index contributed by atoms with van der Waals surface area (Å²) in [5.41, 5.74) is 9.19. The molecule has 0 bridgehead atoms. The van der Waals surface area contributed by atoms with E-state index in [0.717, 1.165) is 16.8 Å². The van der Waals surface area contributed by atoms with E-state index in [1.165, 1.54) is 0 Å². The molecule has 0 fully saturated rings. The van der Waals surface area contributed by atoms with Crippen molar-refractivity contribution in [2.75, 3.05) is 0 Å². The van der Waals surface area contributed by atoms with Gasteiger partial charge in [0, 0.05) is 17.3 Å². The molecule has 2 aromatic heterocycles. The highest BCUT2D eigenvalue weighted by Gasteiger charge is 2.19. The van der Waals surface area contributed by atoms with Crippen LogP contribution in [0.15, 0.2) is 71.4 Å². The van der Waals surface area contributed by atoms with E-state index in [1.807, 2.05) is 49.4 Å². The highest BCUT2D eigenvalue weighted by molar-refractivity contribution is 6.33. The Labute approximate surface area is 172 Å². The van der Waals surface area contributed by atoms with Crippen molar-refractivity contribution >= 4 is 17.5 Å². The van der Waals surface area contributed by atoms with Crippen LogP contribution in [0.5, 0.6) is 0 Å². The third-order valence-corrected chi connectivity index (χ3v) is 4.98. The van der Waals surface area contributed by atoms with Crippen molar-refractivity contribution in [3.8, 4) is 22.5 Å². The first-order valence-electron chi connectivity index (χ1n) is 8.97. The molecule has 0 spiro atoms. The highest BCUT2D eigenvalue weighted by Crippen LogP contribution is 2.29. The van der Waals surface area contributed by atoms with Crippen LogP contribution >= 0.6 is 11.6 Å². The molecule has 7 heteroatoms. The van der Waals surface area contributed by atoms with Crippen LogP contribution in [-0.4, -0.2) is 21.0 Å². The normalized spacial score (nSPS) is 11.9. The number of hydrogen-bond acceptors (Lipinski definition) is 5. The fourth-order valence-corrected chi connectivity index (χ4v) is 3.20. The number of nitrogens with two attached hydrogens (primary N) is 1. The molecule has 0 radical (unpaired) electrons. The molecule has 0 saturated carbocycles. The summed E-state index contributed by atoms with van der Waals surface area (Å²) < 4.78 is 5.47. The summed E-state index contributed by atoms with van der Waals surface area (Å²) in [6.45, 7) is 1.95. The molecule has 29 heavy (non-hydrogen) atoms. The fourth-order valence-electron chi connectivity index (χ4n) is 2.98. The number of nitrogens with zero attached hydrogens (tertiary/aromatic N) is 3. The summed E-state index contributed by atoms with van der Waals surface area (Å²) in [5.74, 6) is 0.235. The Kier molecular flexibility index (Phi) is 5.10. The van der Waals surface area contributed by atoms with Crippen LogP contribution in [0.4, 0.5) is 0 Å². The molecule has 4 aromatic rings. The van der Waals surface area contributed by atoms with Gasteiger partial charge in [-0.2, -0.15) is 4.98 Å². The Bertz CT molecular complexity index is 1170. The number of amides is 1. The van der Waals surface area contributed by atoms with Gasteiger partial charge in [-0.15, -0.1) is 0 Å². The van der Waals surface area contributed by atoms with E-state index in [4.69, 9.17) is 21.9 Å². The highest BCUT2D eigenvalue weighted by atomic mass is 35.5. The second-order valence-corrected chi connectivity index (χ2v) is 6.98. The van der Waals surface area contributed by atoms with Gasteiger partial charge in [-0.3, -0.25) is 9.78 Å². The lowest BCUT2D eigenvalue weighted by Crippen LogP contribution is -2.10. The average molecular weight is 405 g/mol. The molecule has 2 heterocycles. The van der Waals surface area contributed by atoms with Crippen LogP contribution in [0, 0.1) is 0 Å². The van der Waals surface area contributed by atoms with Gasteiger partial charge >= 0.3 is 0 Å². The Morgan fingerprint density at radius 3 is 2.55 bits per heavy atom. The van der Waals surface area contributed by atoms with E-state index in [1.54, 1.807) is 24.4 Å². The van der Waals surface area contributed by atoms with Crippen LogP contribution in [0.3, 0.4) is 0 Å². The number of pyridine rings is 1. The first-order chi connectivity index (χ1) is 14.0. The van der Waals surface area contributed by atoms with Crippen molar-refractivity contribution in [1.29, 1.82) is 0 Å². The standard InChI is InChI=1S/C22H17ClN4O2/c1-13(22-26-21(27-29-22)17-4-2-3-5-18(17)23)19-12-16(10-11-25-19)14-6-8-15(9-7-14)20(24)28/h2-13H,1H3,(H2,24,28). The topological polar surface area (TPSA) is 94.9 Å². The van der Waals surface area contributed by atoms with E-state index in [-0.39, 0.29) is 5.92 Å². The number of primary amides is 1. The van der Waals surface area contributed by atoms with Crippen LogP contribution in [0.25, 0.3) is 22.5 Å². The largest absolute Gasteiger partial charge is 0.366 e. The zero-order chi connectivity index (χ0) is 20.4. The summed E-state index contributed by atoms with van der Waals surface area (Å²) in [6.07, 6.45) is 1.73. The van der Waals surface area contributed by atoms with Crippen LogP contribution < -0.4 is 5.73 Å². The Balaban J connectivity index is 1.62. The lowest BCUT2D eigenvalue weighted by atomic mass is 10.0. The van der Waals surface area contributed by atoms with Gasteiger partial charge in [0.2, 0.25) is 17.6 Å². The second kappa shape index (κ2) is 7.85. The molecule has 1 atom stereocenters. The van der Waals surface area contributed by atoms with E-state index >= 15 is 0 Å². The SMILES string of the molecule is CC(c1cc(-c2ccc(C(N)=O)cc2)ccn1)c1nc(-c2ccccc2Cl)no1.